The van der Waals surface area contributed by atoms with Crippen LogP contribution in [0.5, 0.6) is 0 Å². The third-order valence-electron chi connectivity index (χ3n) is 3.72. The first kappa shape index (κ1) is 11.7. The van der Waals surface area contributed by atoms with Crippen LogP contribution in [-0.4, -0.2) is 41.9 Å². The Morgan fingerprint density at radius 2 is 2.11 bits per heavy atom. The summed E-state index contributed by atoms with van der Waals surface area (Å²) in [7, 11) is 0. The molecule has 0 saturated carbocycles. The minimum Gasteiger partial charge on any atom is -0.370 e. The summed E-state index contributed by atoms with van der Waals surface area (Å²) in [6, 6.07) is 4.46. The van der Waals surface area contributed by atoms with E-state index in [1.54, 1.807) is 0 Å². The predicted octanol–water partition coefficient (Wildman–Crippen LogP) is 1.61. The Morgan fingerprint density at radius 1 is 1.22 bits per heavy atom. The Balaban J connectivity index is 1.87. The number of piperidine rings is 1. The zero-order valence-electron chi connectivity index (χ0n) is 10.7. The van der Waals surface area contributed by atoms with Gasteiger partial charge in [0.2, 0.25) is 0 Å². The summed E-state index contributed by atoms with van der Waals surface area (Å²) < 4.78 is 0. The molecule has 0 radical (unpaired) electrons. The van der Waals surface area contributed by atoms with Crippen molar-refractivity contribution in [1.29, 1.82) is 0 Å². The lowest BCUT2D eigenvalue weighted by molar-refractivity contribution is 0.200. The van der Waals surface area contributed by atoms with E-state index >= 15 is 0 Å². The molecule has 96 valence electrons. The molecule has 1 fully saturated rings. The van der Waals surface area contributed by atoms with Crippen LogP contribution >= 0.6 is 0 Å². The molecular weight excluding hydrogens is 224 g/mol. The molecule has 1 unspecified atom stereocenters. The zero-order valence-corrected chi connectivity index (χ0v) is 10.7. The molecule has 4 nitrogen and oxygen atoms in total. The summed E-state index contributed by atoms with van der Waals surface area (Å²) in [5, 5.41) is 3.43. The number of nitrogens with one attached hydrogen (secondary N) is 1. The average molecular weight is 244 g/mol. The van der Waals surface area contributed by atoms with Gasteiger partial charge in [-0.05, 0) is 37.6 Å². The SMILES string of the molecule is c1cncc(C(C2=NCCN2)N2CCCCC2)c1. The highest BCUT2D eigenvalue weighted by atomic mass is 15.2. The Bertz CT molecular complexity index is 409. The molecule has 1 aromatic heterocycles. The van der Waals surface area contributed by atoms with Crippen molar-refractivity contribution >= 4 is 5.84 Å². The smallest absolute Gasteiger partial charge is 0.119 e. The van der Waals surface area contributed by atoms with Gasteiger partial charge in [0, 0.05) is 18.9 Å². The van der Waals surface area contributed by atoms with Crippen molar-refractivity contribution < 1.29 is 0 Å². The van der Waals surface area contributed by atoms with Crippen LogP contribution in [0.25, 0.3) is 0 Å². The highest BCUT2D eigenvalue weighted by Gasteiger charge is 2.28. The summed E-state index contributed by atoms with van der Waals surface area (Å²) in [6.45, 7) is 4.21. The summed E-state index contributed by atoms with van der Waals surface area (Å²) in [6.07, 6.45) is 7.76. The molecule has 0 spiro atoms. The van der Waals surface area contributed by atoms with Gasteiger partial charge >= 0.3 is 0 Å². The number of hydrogen-bond acceptors (Lipinski definition) is 4. The van der Waals surface area contributed by atoms with E-state index in [1.807, 2.05) is 18.5 Å². The largest absolute Gasteiger partial charge is 0.370 e. The molecule has 4 heteroatoms. The van der Waals surface area contributed by atoms with E-state index < -0.39 is 0 Å². The molecule has 0 aliphatic carbocycles. The molecule has 1 N–H and O–H groups in total. The van der Waals surface area contributed by atoms with Gasteiger partial charge in [0.25, 0.3) is 0 Å². The van der Waals surface area contributed by atoms with Crippen molar-refractivity contribution in [2.75, 3.05) is 26.2 Å². The summed E-state index contributed by atoms with van der Waals surface area (Å²) >= 11 is 0. The first-order valence-electron chi connectivity index (χ1n) is 6.87. The number of rotatable bonds is 3. The minimum absolute atomic E-state index is 0.279. The maximum absolute atomic E-state index is 4.62. The normalized spacial score (nSPS) is 22.3. The van der Waals surface area contributed by atoms with Gasteiger partial charge in [-0.2, -0.15) is 0 Å². The molecular formula is C14H20N4. The lowest BCUT2D eigenvalue weighted by Gasteiger charge is -2.34. The summed E-state index contributed by atoms with van der Waals surface area (Å²) in [5.74, 6) is 1.13. The molecule has 2 aliphatic heterocycles. The molecule has 1 saturated heterocycles. The van der Waals surface area contributed by atoms with Gasteiger partial charge in [-0.15, -0.1) is 0 Å². The van der Waals surface area contributed by atoms with Crippen LogP contribution in [0.2, 0.25) is 0 Å². The fraction of sp³-hybridized carbons (Fsp3) is 0.571. The third-order valence-corrected chi connectivity index (χ3v) is 3.72. The minimum atomic E-state index is 0.279. The molecule has 1 aromatic rings. The van der Waals surface area contributed by atoms with Gasteiger partial charge in [0.1, 0.15) is 5.84 Å². The average Bonchev–Trinajstić information content (AvgIpc) is 2.95. The second-order valence-electron chi connectivity index (χ2n) is 4.98. The zero-order chi connectivity index (χ0) is 12.2. The van der Waals surface area contributed by atoms with E-state index in [2.05, 4.69) is 26.3 Å². The fourth-order valence-electron chi connectivity index (χ4n) is 2.86. The summed E-state index contributed by atoms with van der Waals surface area (Å²) in [4.78, 5) is 11.4. The van der Waals surface area contributed by atoms with Crippen molar-refractivity contribution in [3.8, 4) is 0 Å². The van der Waals surface area contributed by atoms with Crippen molar-refractivity contribution in [1.82, 2.24) is 15.2 Å². The molecule has 0 amide bonds. The van der Waals surface area contributed by atoms with Crippen molar-refractivity contribution in [2.24, 2.45) is 4.99 Å². The van der Waals surface area contributed by atoms with Gasteiger partial charge in [-0.25, -0.2) is 0 Å². The molecule has 2 aliphatic rings. The lowest BCUT2D eigenvalue weighted by Crippen LogP contribution is -2.41. The lowest BCUT2D eigenvalue weighted by atomic mass is 10.0. The molecule has 0 aromatic carbocycles. The van der Waals surface area contributed by atoms with Gasteiger partial charge < -0.3 is 5.32 Å². The van der Waals surface area contributed by atoms with E-state index in [-0.39, 0.29) is 6.04 Å². The van der Waals surface area contributed by atoms with Crippen LogP contribution in [0.15, 0.2) is 29.5 Å². The number of likely N-dealkylation sites (tertiary alicyclic amines) is 1. The fourth-order valence-corrected chi connectivity index (χ4v) is 2.86. The maximum Gasteiger partial charge on any atom is 0.119 e. The second kappa shape index (κ2) is 5.48. The Kier molecular flexibility index (Phi) is 3.55. The molecule has 3 heterocycles. The Morgan fingerprint density at radius 3 is 2.78 bits per heavy atom. The van der Waals surface area contributed by atoms with Crippen LogP contribution < -0.4 is 5.32 Å². The quantitative estimate of drug-likeness (QED) is 0.878. The second-order valence-corrected chi connectivity index (χ2v) is 4.98. The van der Waals surface area contributed by atoms with E-state index in [0.29, 0.717) is 0 Å². The summed E-state index contributed by atoms with van der Waals surface area (Å²) in [5.41, 5.74) is 1.26. The van der Waals surface area contributed by atoms with Crippen LogP contribution in [0.1, 0.15) is 30.9 Å². The van der Waals surface area contributed by atoms with Gasteiger partial charge in [0.15, 0.2) is 0 Å². The van der Waals surface area contributed by atoms with Crippen LogP contribution in [-0.2, 0) is 0 Å². The van der Waals surface area contributed by atoms with Gasteiger partial charge in [-0.3, -0.25) is 14.9 Å². The highest BCUT2D eigenvalue weighted by Crippen LogP contribution is 2.25. The number of hydrogen-bond donors (Lipinski definition) is 1. The number of aliphatic imine (C=N–C) groups is 1. The molecule has 18 heavy (non-hydrogen) atoms. The van der Waals surface area contributed by atoms with Gasteiger partial charge in [-0.1, -0.05) is 12.5 Å². The molecule has 0 bridgehead atoms. The highest BCUT2D eigenvalue weighted by molar-refractivity contribution is 5.89. The van der Waals surface area contributed by atoms with Crippen LogP contribution in [0, 0.1) is 0 Å². The van der Waals surface area contributed by atoms with Crippen molar-refractivity contribution in [2.45, 2.75) is 25.3 Å². The monoisotopic (exact) mass is 244 g/mol. The van der Waals surface area contributed by atoms with Crippen LogP contribution in [0.4, 0.5) is 0 Å². The van der Waals surface area contributed by atoms with Crippen molar-refractivity contribution in [3.63, 3.8) is 0 Å². The first-order valence-corrected chi connectivity index (χ1v) is 6.87. The predicted molar refractivity (Wildman–Crippen MR) is 72.7 cm³/mol. The third kappa shape index (κ3) is 2.38. The topological polar surface area (TPSA) is 40.5 Å². The number of amidine groups is 1. The number of aromatic nitrogens is 1. The van der Waals surface area contributed by atoms with E-state index in [0.717, 1.165) is 18.9 Å². The maximum atomic E-state index is 4.62. The van der Waals surface area contributed by atoms with E-state index in [9.17, 15) is 0 Å². The number of nitrogens with zero attached hydrogens (tertiary/aromatic N) is 3. The Labute approximate surface area is 108 Å². The number of pyridine rings is 1. The molecule has 3 rings (SSSR count). The standard InChI is InChI=1S/C14H20N4/c1-2-9-18(10-3-1)13(14-16-7-8-17-14)12-5-4-6-15-11-12/h4-6,11,13H,1-3,7-10H2,(H,16,17). The van der Waals surface area contributed by atoms with Crippen molar-refractivity contribution in [3.05, 3.63) is 30.1 Å². The Hall–Kier alpha value is -1.42. The van der Waals surface area contributed by atoms with E-state index in [1.165, 1.54) is 37.9 Å². The first-order chi connectivity index (χ1) is 8.95. The van der Waals surface area contributed by atoms with E-state index in [4.69, 9.17) is 0 Å². The van der Waals surface area contributed by atoms with Crippen LogP contribution in [0.3, 0.4) is 0 Å². The van der Waals surface area contributed by atoms with Gasteiger partial charge in [0.05, 0.1) is 12.6 Å². The molecule has 1 atom stereocenters.